The predicted molar refractivity (Wildman–Crippen MR) is 159 cm³/mol. The van der Waals surface area contributed by atoms with Gasteiger partial charge in [-0.05, 0) is 66.2 Å². The quantitative estimate of drug-likeness (QED) is 0.175. The third-order valence-electron chi connectivity index (χ3n) is 5.79. The van der Waals surface area contributed by atoms with Gasteiger partial charge in [0, 0.05) is 40.1 Å². The highest BCUT2D eigenvalue weighted by Gasteiger charge is 2.26. The normalized spacial score (nSPS) is 10.9. The second-order valence-electron chi connectivity index (χ2n) is 7.82. The molecular formula is C30H18Br4. The standard InChI is InChI=1S/C30H18Br4/c31-23-17-9-7-15-21(23)27-25(19-11-3-1-4-12-19)29(33)28(22-16-8-10-18-24(22)32)26(30(27)34)20-13-5-2-6-14-20/h1-18H. The lowest BCUT2D eigenvalue weighted by Crippen LogP contribution is -1.98. The zero-order valence-electron chi connectivity index (χ0n) is 17.9. The first kappa shape index (κ1) is 23.7. The van der Waals surface area contributed by atoms with Gasteiger partial charge in [0.1, 0.15) is 0 Å². The molecule has 0 amide bonds. The zero-order chi connectivity index (χ0) is 23.7. The predicted octanol–water partition coefficient (Wildman–Crippen LogP) is 11.4. The van der Waals surface area contributed by atoms with Crippen LogP contribution < -0.4 is 0 Å². The first-order valence-electron chi connectivity index (χ1n) is 10.7. The minimum atomic E-state index is 1.05. The fourth-order valence-electron chi connectivity index (χ4n) is 4.27. The summed E-state index contributed by atoms with van der Waals surface area (Å²) >= 11 is 15.8. The number of rotatable bonds is 4. The summed E-state index contributed by atoms with van der Waals surface area (Å²) < 4.78 is 4.21. The lowest BCUT2D eigenvalue weighted by molar-refractivity contribution is 1.48. The van der Waals surface area contributed by atoms with E-state index < -0.39 is 0 Å². The summed E-state index contributed by atoms with van der Waals surface area (Å²) in [6.45, 7) is 0. The minimum absolute atomic E-state index is 1.05. The molecule has 0 nitrogen and oxygen atoms in total. The van der Waals surface area contributed by atoms with E-state index in [0.717, 1.165) is 62.4 Å². The van der Waals surface area contributed by atoms with Gasteiger partial charge in [0.25, 0.3) is 0 Å². The summed E-state index contributed by atoms with van der Waals surface area (Å²) in [7, 11) is 0. The molecule has 0 saturated heterocycles. The Morgan fingerprint density at radius 1 is 0.324 bits per heavy atom. The van der Waals surface area contributed by atoms with E-state index >= 15 is 0 Å². The van der Waals surface area contributed by atoms with Crippen LogP contribution >= 0.6 is 63.7 Å². The Hall–Kier alpha value is -1.98. The van der Waals surface area contributed by atoms with Gasteiger partial charge in [-0.1, -0.05) is 129 Å². The maximum absolute atomic E-state index is 4.09. The molecule has 0 aliphatic heterocycles. The van der Waals surface area contributed by atoms with Crippen molar-refractivity contribution in [2.45, 2.75) is 0 Å². The second kappa shape index (κ2) is 10.3. The molecule has 0 aliphatic rings. The van der Waals surface area contributed by atoms with Gasteiger partial charge >= 0.3 is 0 Å². The molecule has 0 unspecified atom stereocenters. The Kier molecular flexibility index (Phi) is 7.22. The van der Waals surface area contributed by atoms with Crippen molar-refractivity contribution in [3.05, 3.63) is 127 Å². The first-order chi connectivity index (χ1) is 16.6. The van der Waals surface area contributed by atoms with Gasteiger partial charge in [-0.25, -0.2) is 0 Å². The van der Waals surface area contributed by atoms with Crippen LogP contribution in [0, 0.1) is 0 Å². The molecule has 0 atom stereocenters. The van der Waals surface area contributed by atoms with Gasteiger partial charge in [-0.3, -0.25) is 0 Å². The van der Waals surface area contributed by atoms with Crippen molar-refractivity contribution in [2.24, 2.45) is 0 Å². The Bertz CT molecular complexity index is 1360. The van der Waals surface area contributed by atoms with Crippen LogP contribution in [0.5, 0.6) is 0 Å². The van der Waals surface area contributed by atoms with Crippen molar-refractivity contribution in [1.82, 2.24) is 0 Å². The molecular weight excluding hydrogens is 680 g/mol. The molecule has 0 N–H and O–H groups in total. The van der Waals surface area contributed by atoms with E-state index in [9.17, 15) is 0 Å². The second-order valence-corrected chi connectivity index (χ2v) is 11.1. The van der Waals surface area contributed by atoms with Crippen molar-refractivity contribution >= 4 is 63.7 Å². The highest BCUT2D eigenvalue weighted by molar-refractivity contribution is 9.11. The van der Waals surface area contributed by atoms with Gasteiger partial charge in [0.15, 0.2) is 0 Å². The topological polar surface area (TPSA) is 0 Å². The van der Waals surface area contributed by atoms with Crippen LogP contribution in [-0.2, 0) is 0 Å². The van der Waals surface area contributed by atoms with Gasteiger partial charge in [-0.2, -0.15) is 0 Å². The smallest absolute Gasteiger partial charge is 0.0345 e. The summed E-state index contributed by atoms with van der Waals surface area (Å²) in [4.78, 5) is 0. The fourth-order valence-corrected chi connectivity index (χ4v) is 6.92. The molecule has 166 valence electrons. The number of halogens is 4. The van der Waals surface area contributed by atoms with Crippen LogP contribution in [0.1, 0.15) is 0 Å². The van der Waals surface area contributed by atoms with Gasteiger partial charge in [0.2, 0.25) is 0 Å². The van der Waals surface area contributed by atoms with Crippen LogP contribution in [0.3, 0.4) is 0 Å². The van der Waals surface area contributed by atoms with Crippen molar-refractivity contribution in [3.63, 3.8) is 0 Å². The van der Waals surface area contributed by atoms with E-state index in [1.54, 1.807) is 0 Å². The van der Waals surface area contributed by atoms with Gasteiger partial charge in [0.05, 0.1) is 0 Å². The SMILES string of the molecule is Brc1ccccc1-c1c(Br)c(-c2ccccc2)c(-c2ccccc2Br)c(Br)c1-c1ccccc1. The van der Waals surface area contributed by atoms with Crippen molar-refractivity contribution < 1.29 is 0 Å². The summed E-state index contributed by atoms with van der Waals surface area (Å²) in [5.74, 6) is 0. The summed E-state index contributed by atoms with van der Waals surface area (Å²) in [5.41, 5.74) is 9.12. The number of hydrogen-bond acceptors (Lipinski definition) is 0. The van der Waals surface area contributed by atoms with E-state index in [-0.39, 0.29) is 0 Å². The number of benzene rings is 5. The Morgan fingerprint density at radius 3 is 1.00 bits per heavy atom. The molecule has 0 spiro atoms. The lowest BCUT2D eigenvalue weighted by atomic mass is 9.85. The molecule has 34 heavy (non-hydrogen) atoms. The zero-order valence-corrected chi connectivity index (χ0v) is 24.2. The molecule has 4 heteroatoms. The molecule has 5 aromatic rings. The minimum Gasteiger partial charge on any atom is -0.0622 e. The highest BCUT2D eigenvalue weighted by atomic mass is 79.9. The summed E-state index contributed by atoms with van der Waals surface area (Å²) in [6.07, 6.45) is 0. The highest BCUT2D eigenvalue weighted by Crippen LogP contribution is 2.54. The number of hydrogen-bond donors (Lipinski definition) is 0. The van der Waals surface area contributed by atoms with Crippen molar-refractivity contribution in [2.75, 3.05) is 0 Å². The molecule has 5 aromatic carbocycles. The van der Waals surface area contributed by atoms with Crippen LogP contribution in [0.4, 0.5) is 0 Å². The molecule has 0 heterocycles. The van der Waals surface area contributed by atoms with Gasteiger partial charge < -0.3 is 0 Å². The maximum Gasteiger partial charge on any atom is 0.0345 e. The van der Waals surface area contributed by atoms with Crippen LogP contribution in [0.25, 0.3) is 44.5 Å². The van der Waals surface area contributed by atoms with E-state index in [1.807, 2.05) is 12.1 Å². The molecule has 0 bridgehead atoms. The Morgan fingerprint density at radius 2 is 0.647 bits per heavy atom. The van der Waals surface area contributed by atoms with Crippen molar-refractivity contribution in [1.29, 1.82) is 0 Å². The first-order valence-corrected chi connectivity index (χ1v) is 13.9. The maximum atomic E-state index is 4.09. The van der Waals surface area contributed by atoms with Gasteiger partial charge in [-0.15, -0.1) is 0 Å². The largest absolute Gasteiger partial charge is 0.0622 e. The van der Waals surface area contributed by atoms with E-state index in [0.29, 0.717) is 0 Å². The van der Waals surface area contributed by atoms with Crippen LogP contribution in [-0.4, -0.2) is 0 Å². The third-order valence-corrected chi connectivity index (χ3v) is 8.76. The molecule has 0 fully saturated rings. The Balaban J connectivity index is 2.01. The molecule has 0 aromatic heterocycles. The fraction of sp³-hybridized carbons (Fsp3) is 0. The average molecular weight is 698 g/mol. The molecule has 0 saturated carbocycles. The van der Waals surface area contributed by atoms with E-state index in [1.165, 1.54) is 0 Å². The van der Waals surface area contributed by atoms with E-state index in [2.05, 4.69) is 161 Å². The Labute approximate surface area is 233 Å². The summed E-state index contributed by atoms with van der Waals surface area (Å²) in [5, 5.41) is 0. The lowest BCUT2D eigenvalue weighted by Gasteiger charge is -2.24. The monoisotopic (exact) mass is 694 g/mol. The summed E-state index contributed by atoms with van der Waals surface area (Å²) in [6, 6.07) is 37.9. The average Bonchev–Trinajstić information content (AvgIpc) is 2.87. The van der Waals surface area contributed by atoms with Crippen molar-refractivity contribution in [3.8, 4) is 44.5 Å². The molecule has 0 aliphatic carbocycles. The third kappa shape index (κ3) is 4.37. The van der Waals surface area contributed by atoms with Crippen LogP contribution in [0.15, 0.2) is 127 Å². The van der Waals surface area contributed by atoms with Crippen LogP contribution in [0.2, 0.25) is 0 Å². The van der Waals surface area contributed by atoms with E-state index in [4.69, 9.17) is 0 Å². The molecule has 5 rings (SSSR count). The molecule has 0 radical (unpaired) electrons.